The summed E-state index contributed by atoms with van der Waals surface area (Å²) < 4.78 is 24.1. The lowest BCUT2D eigenvalue weighted by atomic mass is 10.1. The highest BCUT2D eigenvalue weighted by molar-refractivity contribution is 5.96. The number of aromatic carboxylic acids is 1. The number of urea groups is 1. The van der Waals surface area contributed by atoms with E-state index >= 15 is 0 Å². The van der Waals surface area contributed by atoms with Crippen LogP contribution >= 0.6 is 0 Å². The predicted octanol–water partition coefficient (Wildman–Crippen LogP) is 1.72. The molecule has 0 spiro atoms. The molecule has 2 amide bonds. The van der Waals surface area contributed by atoms with E-state index in [1.165, 1.54) is 17.0 Å². The monoisotopic (exact) mass is 270 g/mol. The fraction of sp³-hybridized carbons (Fsp3) is 0.333. The molecule has 1 aliphatic heterocycles. The predicted molar refractivity (Wildman–Crippen MR) is 63.9 cm³/mol. The summed E-state index contributed by atoms with van der Waals surface area (Å²) in [6.07, 6.45) is -2.03. The van der Waals surface area contributed by atoms with Crippen molar-refractivity contribution in [2.45, 2.75) is 12.8 Å². The SMILES string of the molecule is O=C(O)c1ccc2c(c1)N(C(=O)NCC(F)F)CC2. The molecule has 0 bridgehead atoms. The number of carboxylic acids is 1. The summed E-state index contributed by atoms with van der Waals surface area (Å²) in [7, 11) is 0. The first kappa shape index (κ1) is 13.3. The Morgan fingerprint density at radius 1 is 1.42 bits per heavy atom. The number of hydrogen-bond donors (Lipinski definition) is 2. The van der Waals surface area contributed by atoms with E-state index in [4.69, 9.17) is 5.11 Å². The number of carbonyl (C=O) groups excluding carboxylic acids is 1. The number of fused-ring (bicyclic) bond motifs is 1. The Labute approximate surface area is 107 Å². The Bertz CT molecular complexity index is 520. The summed E-state index contributed by atoms with van der Waals surface area (Å²) in [5, 5.41) is 11.0. The van der Waals surface area contributed by atoms with Crippen LogP contribution in [0, 0.1) is 0 Å². The average molecular weight is 270 g/mol. The van der Waals surface area contributed by atoms with Crippen LogP contribution in [0.5, 0.6) is 0 Å². The maximum Gasteiger partial charge on any atom is 0.335 e. The van der Waals surface area contributed by atoms with Gasteiger partial charge in [0.1, 0.15) is 0 Å². The second-order valence-corrected chi connectivity index (χ2v) is 4.13. The van der Waals surface area contributed by atoms with Crippen molar-refractivity contribution in [3.63, 3.8) is 0 Å². The van der Waals surface area contributed by atoms with Gasteiger partial charge in [0, 0.05) is 12.2 Å². The van der Waals surface area contributed by atoms with E-state index in [-0.39, 0.29) is 5.56 Å². The van der Waals surface area contributed by atoms with Gasteiger partial charge < -0.3 is 10.4 Å². The molecule has 0 aliphatic carbocycles. The molecule has 0 aromatic heterocycles. The molecule has 2 N–H and O–H groups in total. The quantitative estimate of drug-likeness (QED) is 0.878. The van der Waals surface area contributed by atoms with E-state index < -0.39 is 25.0 Å². The Balaban J connectivity index is 2.18. The van der Waals surface area contributed by atoms with Crippen LogP contribution in [0.4, 0.5) is 19.3 Å². The van der Waals surface area contributed by atoms with E-state index in [1.807, 2.05) is 0 Å². The molecule has 0 radical (unpaired) electrons. The van der Waals surface area contributed by atoms with Crippen LogP contribution < -0.4 is 10.2 Å². The molecule has 0 saturated heterocycles. The second kappa shape index (κ2) is 5.21. The van der Waals surface area contributed by atoms with E-state index in [9.17, 15) is 18.4 Å². The van der Waals surface area contributed by atoms with Crippen LogP contribution in [-0.2, 0) is 6.42 Å². The van der Waals surface area contributed by atoms with E-state index in [2.05, 4.69) is 5.32 Å². The fourth-order valence-corrected chi connectivity index (χ4v) is 1.98. The molecule has 1 aromatic carbocycles. The molecule has 2 rings (SSSR count). The minimum absolute atomic E-state index is 0.0623. The highest BCUT2D eigenvalue weighted by Gasteiger charge is 2.25. The third-order valence-electron chi connectivity index (χ3n) is 2.88. The van der Waals surface area contributed by atoms with Crippen molar-refractivity contribution >= 4 is 17.7 Å². The second-order valence-electron chi connectivity index (χ2n) is 4.13. The molecular weight excluding hydrogens is 258 g/mol. The number of hydrogen-bond acceptors (Lipinski definition) is 2. The number of benzene rings is 1. The van der Waals surface area contributed by atoms with Crippen LogP contribution in [0.2, 0.25) is 0 Å². The summed E-state index contributed by atoms with van der Waals surface area (Å²) in [5.74, 6) is -1.09. The third-order valence-corrected chi connectivity index (χ3v) is 2.88. The van der Waals surface area contributed by atoms with Gasteiger partial charge in [-0.05, 0) is 24.1 Å². The molecule has 7 heteroatoms. The zero-order valence-electron chi connectivity index (χ0n) is 9.90. The van der Waals surface area contributed by atoms with Gasteiger partial charge in [0.15, 0.2) is 0 Å². The molecule has 0 unspecified atom stereocenters. The maximum absolute atomic E-state index is 12.0. The minimum atomic E-state index is -2.61. The molecule has 1 aromatic rings. The van der Waals surface area contributed by atoms with Crippen molar-refractivity contribution in [1.82, 2.24) is 5.32 Å². The highest BCUT2D eigenvalue weighted by Crippen LogP contribution is 2.29. The van der Waals surface area contributed by atoms with Gasteiger partial charge in [0.2, 0.25) is 0 Å². The lowest BCUT2D eigenvalue weighted by Gasteiger charge is -2.18. The van der Waals surface area contributed by atoms with Crippen LogP contribution in [0.1, 0.15) is 15.9 Å². The normalized spacial score (nSPS) is 13.5. The van der Waals surface area contributed by atoms with Crippen molar-refractivity contribution in [2.75, 3.05) is 18.0 Å². The van der Waals surface area contributed by atoms with Gasteiger partial charge in [0.25, 0.3) is 6.43 Å². The van der Waals surface area contributed by atoms with Gasteiger partial charge in [-0.1, -0.05) is 6.07 Å². The van der Waals surface area contributed by atoms with Crippen molar-refractivity contribution in [3.05, 3.63) is 29.3 Å². The van der Waals surface area contributed by atoms with Gasteiger partial charge in [-0.25, -0.2) is 18.4 Å². The Morgan fingerprint density at radius 2 is 2.16 bits per heavy atom. The summed E-state index contributed by atoms with van der Waals surface area (Å²) in [6, 6.07) is 3.84. The van der Waals surface area contributed by atoms with Crippen LogP contribution in [0.15, 0.2) is 18.2 Å². The Kier molecular flexibility index (Phi) is 3.64. The van der Waals surface area contributed by atoms with Gasteiger partial charge in [-0.2, -0.15) is 0 Å². The number of halogens is 2. The Morgan fingerprint density at radius 3 is 2.79 bits per heavy atom. The van der Waals surface area contributed by atoms with Crippen LogP contribution in [0.25, 0.3) is 0 Å². The number of nitrogens with one attached hydrogen (secondary N) is 1. The lowest BCUT2D eigenvalue weighted by Crippen LogP contribution is -2.41. The van der Waals surface area contributed by atoms with E-state index in [0.717, 1.165) is 5.56 Å². The number of anilines is 1. The van der Waals surface area contributed by atoms with Gasteiger partial charge in [-0.3, -0.25) is 4.90 Å². The lowest BCUT2D eigenvalue weighted by molar-refractivity contribution is 0.0697. The van der Waals surface area contributed by atoms with Gasteiger partial charge in [0.05, 0.1) is 12.1 Å². The van der Waals surface area contributed by atoms with E-state index in [1.54, 1.807) is 6.07 Å². The van der Waals surface area contributed by atoms with Gasteiger partial charge in [-0.15, -0.1) is 0 Å². The Hall–Kier alpha value is -2.18. The first-order valence-electron chi connectivity index (χ1n) is 5.69. The molecule has 1 aliphatic rings. The first-order valence-corrected chi connectivity index (χ1v) is 5.69. The summed E-state index contributed by atoms with van der Waals surface area (Å²) in [6.45, 7) is -0.364. The molecular formula is C12H12F2N2O3. The van der Waals surface area contributed by atoms with E-state index in [0.29, 0.717) is 18.7 Å². The molecule has 1 heterocycles. The van der Waals surface area contributed by atoms with Crippen molar-refractivity contribution in [3.8, 4) is 0 Å². The van der Waals surface area contributed by atoms with Crippen molar-refractivity contribution in [2.24, 2.45) is 0 Å². The zero-order chi connectivity index (χ0) is 14.0. The largest absolute Gasteiger partial charge is 0.478 e. The summed E-state index contributed by atoms with van der Waals surface area (Å²) >= 11 is 0. The minimum Gasteiger partial charge on any atom is -0.478 e. The first-order chi connectivity index (χ1) is 8.99. The number of amides is 2. The molecule has 0 saturated carbocycles. The molecule has 5 nitrogen and oxygen atoms in total. The fourth-order valence-electron chi connectivity index (χ4n) is 1.98. The van der Waals surface area contributed by atoms with Gasteiger partial charge >= 0.3 is 12.0 Å². The topological polar surface area (TPSA) is 69.6 Å². The standard InChI is InChI=1S/C12H12F2N2O3/c13-10(14)6-15-12(19)16-4-3-7-1-2-8(11(17)18)5-9(7)16/h1-2,5,10H,3-4,6H2,(H,15,19)(H,17,18). The summed E-state index contributed by atoms with van der Waals surface area (Å²) in [5.41, 5.74) is 1.36. The maximum atomic E-state index is 12.0. The average Bonchev–Trinajstić information content (AvgIpc) is 2.78. The molecule has 0 fully saturated rings. The number of nitrogens with zero attached hydrogens (tertiary/aromatic N) is 1. The number of carbonyl (C=O) groups is 2. The van der Waals surface area contributed by atoms with Crippen molar-refractivity contribution in [1.29, 1.82) is 0 Å². The zero-order valence-corrected chi connectivity index (χ0v) is 9.90. The van der Waals surface area contributed by atoms with Crippen LogP contribution in [0.3, 0.4) is 0 Å². The molecule has 0 atom stereocenters. The summed E-state index contributed by atoms with van der Waals surface area (Å²) in [4.78, 5) is 23.9. The number of carboxylic acid groups (broad SMARTS) is 1. The molecule has 19 heavy (non-hydrogen) atoms. The van der Waals surface area contributed by atoms with Crippen molar-refractivity contribution < 1.29 is 23.5 Å². The van der Waals surface area contributed by atoms with Crippen LogP contribution in [-0.4, -0.2) is 36.6 Å². The highest BCUT2D eigenvalue weighted by atomic mass is 19.3. The number of rotatable bonds is 3. The number of alkyl halides is 2. The third kappa shape index (κ3) is 2.81. The smallest absolute Gasteiger partial charge is 0.335 e. The molecule has 102 valence electrons.